The summed E-state index contributed by atoms with van der Waals surface area (Å²) in [5.74, 6) is -1.22. The summed E-state index contributed by atoms with van der Waals surface area (Å²) in [6, 6.07) is 7.62. The zero-order chi connectivity index (χ0) is 37.0. The van der Waals surface area contributed by atoms with Crippen LogP contribution in [0.15, 0.2) is 36.7 Å². The van der Waals surface area contributed by atoms with Crippen molar-refractivity contribution in [2.75, 3.05) is 18.1 Å². The number of H-pyrrole nitrogens is 1. The van der Waals surface area contributed by atoms with Gasteiger partial charge in [0, 0.05) is 12.5 Å². The highest BCUT2D eigenvalue weighted by molar-refractivity contribution is 6.10. The largest absolute Gasteiger partial charge is 0.466 e. The number of rotatable bonds is 10. The number of esters is 2. The van der Waals surface area contributed by atoms with Gasteiger partial charge in [0.05, 0.1) is 42.9 Å². The average molecular weight is 693 g/mol. The highest BCUT2D eigenvalue weighted by atomic mass is 16.6. The number of aromatic amines is 1. The number of hydrogen-bond donors (Lipinski definition) is 2. The number of imidazole rings is 1. The van der Waals surface area contributed by atoms with Crippen LogP contribution in [0.2, 0.25) is 0 Å². The summed E-state index contributed by atoms with van der Waals surface area (Å²) in [6.45, 7) is 18.1. The van der Waals surface area contributed by atoms with Crippen LogP contribution < -0.4 is 10.2 Å². The number of amides is 2. The van der Waals surface area contributed by atoms with Crippen LogP contribution in [0.5, 0.6) is 0 Å². The molecule has 14 nitrogen and oxygen atoms in total. The van der Waals surface area contributed by atoms with E-state index in [4.69, 9.17) is 23.9 Å². The zero-order valence-electron chi connectivity index (χ0n) is 30.5. The molecule has 2 N–H and O–H groups in total. The second kappa shape index (κ2) is 15.0. The molecule has 2 heterocycles. The number of imide groups is 1. The van der Waals surface area contributed by atoms with Crippen molar-refractivity contribution in [2.45, 2.75) is 105 Å². The van der Waals surface area contributed by atoms with Crippen molar-refractivity contribution in [3.63, 3.8) is 0 Å². The summed E-state index contributed by atoms with van der Waals surface area (Å²) in [5, 5.41) is 3.09. The average Bonchev–Trinajstić information content (AvgIpc) is 3.63. The first-order valence-corrected chi connectivity index (χ1v) is 16.6. The lowest BCUT2D eigenvalue weighted by atomic mass is 10.1. The number of hydrogen-bond acceptors (Lipinski definition) is 12. The van der Waals surface area contributed by atoms with Crippen LogP contribution in [0.1, 0.15) is 92.8 Å². The van der Waals surface area contributed by atoms with Crippen molar-refractivity contribution in [1.29, 1.82) is 0 Å². The molecule has 0 spiro atoms. The highest BCUT2D eigenvalue weighted by Crippen LogP contribution is 2.48. The number of carbonyl (C=O) groups is 4. The van der Waals surface area contributed by atoms with E-state index in [1.807, 2.05) is 45.0 Å². The Bertz CT molecular complexity index is 1670. The number of ether oxygens (including phenoxy) is 4. The first kappa shape index (κ1) is 38.0. The van der Waals surface area contributed by atoms with E-state index in [-0.39, 0.29) is 54.3 Å². The lowest BCUT2D eigenvalue weighted by Crippen LogP contribution is -2.44. The summed E-state index contributed by atoms with van der Waals surface area (Å²) in [4.78, 5) is 69.4. The third-order valence-corrected chi connectivity index (χ3v) is 6.98. The van der Waals surface area contributed by atoms with Gasteiger partial charge in [-0.15, -0.1) is 0 Å². The molecular formula is C36H48N6O8. The maximum Gasteiger partial charge on any atom is 0.425 e. The second-order valence-corrected chi connectivity index (χ2v) is 15.0. The van der Waals surface area contributed by atoms with Crippen molar-refractivity contribution in [2.24, 2.45) is 5.92 Å². The van der Waals surface area contributed by atoms with Gasteiger partial charge in [-0.05, 0) is 86.8 Å². The Kier molecular flexibility index (Phi) is 11.4. The van der Waals surface area contributed by atoms with E-state index >= 15 is 0 Å². The highest BCUT2D eigenvalue weighted by Gasteiger charge is 2.47. The van der Waals surface area contributed by atoms with Crippen molar-refractivity contribution in [3.8, 4) is 22.8 Å². The first-order chi connectivity index (χ1) is 23.2. The molecule has 1 aliphatic carbocycles. The van der Waals surface area contributed by atoms with Gasteiger partial charge in [-0.2, -0.15) is 4.90 Å². The summed E-state index contributed by atoms with van der Waals surface area (Å²) in [7, 11) is 0. The molecule has 1 saturated carbocycles. The standard InChI is InChI=1S/C36H48N6O8/c1-11-47-31(44)24-16-23(24)26-19-39-30(42(32(45)49-35(5,6)7)33(46)50-36(8,9)10)28(40-26)29-38-18-25(41-29)22-14-12-21(13-15-22)17-37-20-27(43)48-34(2,3)4/h12-15,18-19,23-24,37H,11,16-17,20H2,1-10H3,(H,38,41). The van der Waals surface area contributed by atoms with Gasteiger partial charge in [0.15, 0.2) is 11.6 Å². The SMILES string of the molecule is CCOC(=O)C1CC1c1cnc(N(C(=O)OC(C)(C)C)C(=O)OC(C)(C)C)c(-c2ncc(-c3ccc(CNCC(=O)OC(C)(C)C)cc3)[nH]2)n1. The van der Waals surface area contributed by atoms with Crippen LogP contribution in [-0.4, -0.2) is 74.0 Å². The zero-order valence-corrected chi connectivity index (χ0v) is 30.5. The Morgan fingerprint density at radius 3 is 2.02 bits per heavy atom. The number of nitrogens with one attached hydrogen (secondary N) is 2. The molecule has 2 amide bonds. The van der Waals surface area contributed by atoms with E-state index in [2.05, 4.69) is 20.3 Å². The number of benzene rings is 1. The third kappa shape index (κ3) is 10.6. The fourth-order valence-corrected chi connectivity index (χ4v) is 4.87. The minimum atomic E-state index is -1.01. The van der Waals surface area contributed by atoms with E-state index in [9.17, 15) is 19.2 Å². The van der Waals surface area contributed by atoms with E-state index in [0.29, 0.717) is 29.3 Å². The van der Waals surface area contributed by atoms with Crippen LogP contribution in [0.3, 0.4) is 0 Å². The van der Waals surface area contributed by atoms with Crippen LogP contribution in [-0.2, 0) is 35.1 Å². The predicted molar refractivity (Wildman–Crippen MR) is 185 cm³/mol. The Morgan fingerprint density at radius 2 is 1.46 bits per heavy atom. The second-order valence-electron chi connectivity index (χ2n) is 15.0. The molecule has 2 aromatic heterocycles. The van der Waals surface area contributed by atoms with Gasteiger partial charge in [0.2, 0.25) is 0 Å². The normalized spacial score (nSPS) is 16.0. The summed E-state index contributed by atoms with van der Waals surface area (Å²) >= 11 is 0. The topological polar surface area (TPSA) is 175 Å². The molecule has 0 aliphatic heterocycles. The Hall–Kier alpha value is -4.85. The fraction of sp³-hybridized carbons (Fsp3) is 0.528. The number of aromatic nitrogens is 4. The molecule has 50 heavy (non-hydrogen) atoms. The van der Waals surface area contributed by atoms with E-state index in [1.165, 1.54) is 6.20 Å². The maximum absolute atomic E-state index is 13.6. The molecule has 0 saturated heterocycles. The van der Waals surface area contributed by atoms with Gasteiger partial charge in [0.1, 0.15) is 22.5 Å². The molecule has 2 atom stereocenters. The van der Waals surface area contributed by atoms with Crippen LogP contribution in [0.25, 0.3) is 22.8 Å². The molecule has 1 fully saturated rings. The summed E-state index contributed by atoms with van der Waals surface area (Å²) in [6.07, 6.45) is 1.55. The van der Waals surface area contributed by atoms with Crippen molar-refractivity contribution >= 4 is 29.9 Å². The van der Waals surface area contributed by atoms with Crippen molar-refractivity contribution in [3.05, 3.63) is 47.9 Å². The van der Waals surface area contributed by atoms with Gasteiger partial charge in [0.25, 0.3) is 0 Å². The molecule has 1 aliphatic rings. The molecular weight excluding hydrogens is 644 g/mol. The van der Waals surface area contributed by atoms with E-state index in [0.717, 1.165) is 11.1 Å². The smallest absolute Gasteiger partial charge is 0.425 e. The van der Waals surface area contributed by atoms with Gasteiger partial charge >= 0.3 is 24.1 Å². The van der Waals surface area contributed by atoms with Gasteiger partial charge in [-0.1, -0.05) is 24.3 Å². The van der Waals surface area contributed by atoms with Crippen LogP contribution >= 0.6 is 0 Å². The summed E-state index contributed by atoms with van der Waals surface area (Å²) < 4.78 is 21.7. The first-order valence-electron chi connectivity index (χ1n) is 16.6. The van der Waals surface area contributed by atoms with Gasteiger partial charge in [-0.25, -0.2) is 24.5 Å². The van der Waals surface area contributed by atoms with Gasteiger partial charge < -0.3 is 29.2 Å². The molecule has 4 rings (SSSR count). The van der Waals surface area contributed by atoms with Crippen LogP contribution in [0.4, 0.5) is 15.4 Å². The van der Waals surface area contributed by atoms with Crippen molar-refractivity contribution in [1.82, 2.24) is 25.3 Å². The Balaban J connectivity index is 1.67. The Labute approximate surface area is 292 Å². The minimum absolute atomic E-state index is 0.0797. The molecule has 0 radical (unpaired) electrons. The van der Waals surface area contributed by atoms with Crippen molar-refractivity contribution < 1.29 is 38.1 Å². The molecule has 270 valence electrons. The lowest BCUT2D eigenvalue weighted by molar-refractivity contribution is -0.153. The third-order valence-electron chi connectivity index (χ3n) is 6.98. The quantitative estimate of drug-likeness (QED) is 0.179. The molecule has 0 bridgehead atoms. The monoisotopic (exact) mass is 692 g/mol. The predicted octanol–water partition coefficient (Wildman–Crippen LogP) is 6.31. The Morgan fingerprint density at radius 1 is 0.860 bits per heavy atom. The summed E-state index contributed by atoms with van der Waals surface area (Å²) in [5.41, 5.74) is 0.503. The number of carbonyl (C=O) groups excluding carboxylic acids is 4. The maximum atomic E-state index is 13.6. The molecule has 14 heteroatoms. The molecule has 2 unspecified atom stereocenters. The van der Waals surface area contributed by atoms with E-state index < -0.39 is 29.0 Å². The molecule has 1 aromatic carbocycles. The fourth-order valence-electron chi connectivity index (χ4n) is 4.87. The number of anilines is 1. The minimum Gasteiger partial charge on any atom is -0.466 e. The number of nitrogens with zero attached hydrogens (tertiary/aromatic N) is 4. The van der Waals surface area contributed by atoms with Crippen LogP contribution in [0, 0.1) is 5.92 Å². The molecule has 3 aromatic rings. The lowest BCUT2D eigenvalue weighted by Gasteiger charge is -2.28. The van der Waals surface area contributed by atoms with E-state index in [1.54, 1.807) is 54.7 Å². The van der Waals surface area contributed by atoms with Gasteiger partial charge in [-0.3, -0.25) is 9.59 Å².